The number of carbonyl (C=O) groups is 2. The number of hydrogen-bond donors (Lipinski definition) is 2. The summed E-state index contributed by atoms with van der Waals surface area (Å²) in [6.07, 6.45) is 1.38. The Bertz CT molecular complexity index is 1040. The fourth-order valence-electron chi connectivity index (χ4n) is 2.49. The zero-order valence-electron chi connectivity index (χ0n) is 14.3. The van der Waals surface area contributed by atoms with Crippen molar-refractivity contribution >= 4 is 29.7 Å². The Morgan fingerprint density at radius 3 is 2.63 bits per heavy atom. The zero-order chi connectivity index (χ0) is 19.4. The van der Waals surface area contributed by atoms with Crippen molar-refractivity contribution in [3.05, 3.63) is 82.1 Å². The quantitative estimate of drug-likeness (QED) is 0.506. The van der Waals surface area contributed by atoms with Crippen molar-refractivity contribution in [3.63, 3.8) is 0 Å². The van der Waals surface area contributed by atoms with Gasteiger partial charge in [-0.05, 0) is 55.0 Å². The molecule has 6 nitrogen and oxygen atoms in total. The van der Waals surface area contributed by atoms with E-state index in [-0.39, 0.29) is 11.5 Å². The number of aryl methyl sites for hydroxylation is 1. The molecular formula is C20H15ClN2O4. The van der Waals surface area contributed by atoms with Crippen LogP contribution < -0.4 is 5.43 Å². The number of carboxylic acids is 1. The van der Waals surface area contributed by atoms with Gasteiger partial charge in [0.2, 0.25) is 0 Å². The van der Waals surface area contributed by atoms with Crippen LogP contribution in [0.4, 0.5) is 0 Å². The highest BCUT2D eigenvalue weighted by Crippen LogP contribution is 2.26. The van der Waals surface area contributed by atoms with Gasteiger partial charge in [-0.15, -0.1) is 0 Å². The first kappa shape index (κ1) is 18.4. The first-order valence-corrected chi connectivity index (χ1v) is 8.35. The van der Waals surface area contributed by atoms with E-state index < -0.39 is 5.97 Å². The maximum atomic E-state index is 12.0. The average Bonchev–Trinajstić information content (AvgIpc) is 3.10. The number of rotatable bonds is 5. The van der Waals surface area contributed by atoms with Crippen LogP contribution in [0.2, 0.25) is 5.02 Å². The Balaban J connectivity index is 1.70. The molecule has 0 aliphatic carbocycles. The molecule has 0 spiro atoms. The van der Waals surface area contributed by atoms with E-state index >= 15 is 0 Å². The van der Waals surface area contributed by atoms with Gasteiger partial charge in [-0.25, -0.2) is 10.2 Å². The van der Waals surface area contributed by atoms with Crippen LogP contribution in [0, 0.1) is 6.92 Å². The highest BCUT2D eigenvalue weighted by Gasteiger charge is 2.10. The van der Waals surface area contributed by atoms with Crippen molar-refractivity contribution < 1.29 is 19.1 Å². The minimum Gasteiger partial charge on any atom is -0.478 e. The van der Waals surface area contributed by atoms with Crippen molar-refractivity contribution in [2.75, 3.05) is 0 Å². The summed E-state index contributed by atoms with van der Waals surface area (Å²) in [5.74, 6) is -0.349. The second kappa shape index (κ2) is 7.88. The molecule has 0 atom stereocenters. The van der Waals surface area contributed by atoms with Gasteiger partial charge in [0.25, 0.3) is 5.91 Å². The van der Waals surface area contributed by atoms with E-state index in [1.807, 2.05) is 6.92 Å². The lowest BCUT2D eigenvalue weighted by molar-refractivity contribution is 0.0696. The minimum atomic E-state index is -0.979. The Kier molecular flexibility index (Phi) is 5.38. The number of aromatic carboxylic acids is 1. The van der Waals surface area contributed by atoms with E-state index in [0.717, 1.165) is 11.1 Å². The molecule has 0 radical (unpaired) electrons. The van der Waals surface area contributed by atoms with Gasteiger partial charge in [0.15, 0.2) is 0 Å². The number of nitrogens with zero attached hydrogens (tertiary/aromatic N) is 1. The summed E-state index contributed by atoms with van der Waals surface area (Å²) in [5.41, 5.74) is 4.57. The molecule has 27 heavy (non-hydrogen) atoms. The van der Waals surface area contributed by atoms with E-state index in [4.69, 9.17) is 21.1 Å². The van der Waals surface area contributed by atoms with Crippen molar-refractivity contribution in [2.24, 2.45) is 5.10 Å². The molecule has 1 amide bonds. The molecular weight excluding hydrogens is 368 g/mol. The monoisotopic (exact) mass is 382 g/mol. The number of amides is 1. The molecule has 0 bridgehead atoms. The molecule has 1 heterocycles. The second-order valence-electron chi connectivity index (χ2n) is 5.75. The van der Waals surface area contributed by atoms with Crippen LogP contribution in [-0.2, 0) is 0 Å². The number of nitrogens with one attached hydrogen (secondary N) is 1. The lowest BCUT2D eigenvalue weighted by Crippen LogP contribution is -2.17. The van der Waals surface area contributed by atoms with Crippen LogP contribution in [0.5, 0.6) is 0 Å². The molecule has 2 N–H and O–H groups in total. The first-order valence-electron chi connectivity index (χ1n) is 7.97. The summed E-state index contributed by atoms with van der Waals surface area (Å²) in [4.78, 5) is 23.0. The Labute approximate surface area is 160 Å². The minimum absolute atomic E-state index is 0.216. The van der Waals surface area contributed by atoms with Crippen molar-refractivity contribution in [3.8, 4) is 11.3 Å². The standard InChI is InChI=1S/C20H15ClN2O4/c1-12-9-14(20(25)26)5-7-17(12)18-8-6-16(27-18)11-22-23-19(24)13-3-2-4-15(21)10-13/h2-11H,1H3,(H,23,24)(H,25,26)/b22-11-. The number of hydrogen-bond acceptors (Lipinski definition) is 4. The zero-order valence-corrected chi connectivity index (χ0v) is 15.0. The van der Waals surface area contributed by atoms with Gasteiger partial charge in [0.05, 0.1) is 11.8 Å². The van der Waals surface area contributed by atoms with E-state index in [2.05, 4.69) is 10.5 Å². The summed E-state index contributed by atoms with van der Waals surface area (Å²) in [6.45, 7) is 1.81. The molecule has 7 heteroatoms. The van der Waals surface area contributed by atoms with Crippen LogP contribution >= 0.6 is 11.6 Å². The highest BCUT2D eigenvalue weighted by molar-refractivity contribution is 6.30. The third kappa shape index (κ3) is 4.43. The Morgan fingerprint density at radius 2 is 1.93 bits per heavy atom. The molecule has 0 aliphatic heterocycles. The number of carboxylic acid groups (broad SMARTS) is 1. The maximum absolute atomic E-state index is 12.0. The largest absolute Gasteiger partial charge is 0.478 e. The smallest absolute Gasteiger partial charge is 0.335 e. The van der Waals surface area contributed by atoms with Crippen LogP contribution in [0.1, 0.15) is 32.0 Å². The summed E-state index contributed by atoms with van der Waals surface area (Å²) in [7, 11) is 0. The number of hydrazone groups is 1. The van der Waals surface area contributed by atoms with Gasteiger partial charge in [0, 0.05) is 16.1 Å². The van der Waals surface area contributed by atoms with Crippen LogP contribution in [0.3, 0.4) is 0 Å². The van der Waals surface area contributed by atoms with Crippen LogP contribution in [-0.4, -0.2) is 23.2 Å². The number of furan rings is 1. The summed E-state index contributed by atoms with van der Waals surface area (Å²) < 4.78 is 5.69. The normalized spacial score (nSPS) is 10.9. The third-order valence-electron chi connectivity index (χ3n) is 3.81. The van der Waals surface area contributed by atoms with Gasteiger partial charge in [-0.1, -0.05) is 23.7 Å². The van der Waals surface area contributed by atoms with Gasteiger partial charge >= 0.3 is 5.97 Å². The third-order valence-corrected chi connectivity index (χ3v) is 4.05. The Morgan fingerprint density at radius 1 is 1.11 bits per heavy atom. The van der Waals surface area contributed by atoms with Crippen molar-refractivity contribution in [2.45, 2.75) is 6.92 Å². The fourth-order valence-corrected chi connectivity index (χ4v) is 2.68. The van der Waals surface area contributed by atoms with Crippen LogP contribution in [0.15, 0.2) is 64.1 Å². The van der Waals surface area contributed by atoms with Gasteiger partial charge < -0.3 is 9.52 Å². The lowest BCUT2D eigenvalue weighted by atomic mass is 10.0. The topological polar surface area (TPSA) is 91.9 Å². The summed E-state index contributed by atoms with van der Waals surface area (Å²) in [6, 6.07) is 14.8. The number of halogens is 1. The average molecular weight is 383 g/mol. The number of carbonyl (C=O) groups excluding carboxylic acids is 1. The van der Waals surface area contributed by atoms with Gasteiger partial charge in [0.1, 0.15) is 11.5 Å². The van der Waals surface area contributed by atoms with Crippen molar-refractivity contribution in [1.29, 1.82) is 0 Å². The van der Waals surface area contributed by atoms with Crippen LogP contribution in [0.25, 0.3) is 11.3 Å². The van der Waals surface area contributed by atoms with Gasteiger partial charge in [-0.3, -0.25) is 4.79 Å². The molecule has 2 aromatic carbocycles. The Hall–Kier alpha value is -3.38. The summed E-state index contributed by atoms with van der Waals surface area (Å²) in [5, 5.41) is 13.4. The number of benzene rings is 2. The molecule has 3 aromatic rings. The fraction of sp³-hybridized carbons (Fsp3) is 0.0500. The van der Waals surface area contributed by atoms with Crippen molar-refractivity contribution in [1.82, 2.24) is 5.43 Å². The predicted molar refractivity (Wildman–Crippen MR) is 102 cm³/mol. The molecule has 0 fully saturated rings. The molecule has 0 saturated carbocycles. The van der Waals surface area contributed by atoms with E-state index in [1.54, 1.807) is 48.5 Å². The van der Waals surface area contributed by atoms with E-state index in [1.165, 1.54) is 12.3 Å². The highest BCUT2D eigenvalue weighted by atomic mass is 35.5. The molecule has 0 unspecified atom stereocenters. The molecule has 0 saturated heterocycles. The van der Waals surface area contributed by atoms with E-state index in [0.29, 0.717) is 22.1 Å². The maximum Gasteiger partial charge on any atom is 0.335 e. The first-order chi connectivity index (χ1) is 12.9. The molecule has 0 aliphatic rings. The summed E-state index contributed by atoms with van der Waals surface area (Å²) >= 11 is 5.85. The molecule has 1 aromatic heterocycles. The molecule has 136 valence electrons. The predicted octanol–water partition coefficient (Wildman–Crippen LogP) is 4.37. The SMILES string of the molecule is Cc1cc(C(=O)O)ccc1-c1ccc(/C=N\NC(=O)c2cccc(Cl)c2)o1. The second-order valence-corrected chi connectivity index (χ2v) is 6.18. The lowest BCUT2D eigenvalue weighted by Gasteiger charge is -2.03. The van der Waals surface area contributed by atoms with Gasteiger partial charge in [-0.2, -0.15) is 5.10 Å². The van der Waals surface area contributed by atoms with E-state index in [9.17, 15) is 9.59 Å². The molecule has 3 rings (SSSR count).